The maximum atomic E-state index is 10.6. The van der Waals surface area contributed by atoms with Crippen LogP contribution in [0, 0.1) is 0 Å². The minimum Gasteiger partial charge on any atom is -0.493 e. The van der Waals surface area contributed by atoms with E-state index in [1.54, 1.807) is 20.3 Å². The van der Waals surface area contributed by atoms with Crippen LogP contribution in [0.15, 0.2) is 18.2 Å². The number of aliphatic carboxylic acids is 1. The molecule has 0 saturated carbocycles. The van der Waals surface area contributed by atoms with Gasteiger partial charge in [0.15, 0.2) is 11.5 Å². The van der Waals surface area contributed by atoms with Gasteiger partial charge in [-0.1, -0.05) is 6.07 Å². The number of hydrogen-bond acceptors (Lipinski definition) is 4. The van der Waals surface area contributed by atoms with Crippen molar-refractivity contribution in [3.8, 4) is 11.5 Å². The third-order valence-corrected chi connectivity index (χ3v) is 2.51. The van der Waals surface area contributed by atoms with E-state index in [0.717, 1.165) is 5.56 Å². The molecule has 94 valence electrons. The van der Waals surface area contributed by atoms with E-state index >= 15 is 0 Å². The number of hydrogen-bond donors (Lipinski definition) is 2. The lowest BCUT2D eigenvalue weighted by Crippen LogP contribution is -2.30. The molecule has 0 aromatic heterocycles. The quantitative estimate of drug-likeness (QED) is 0.775. The van der Waals surface area contributed by atoms with E-state index in [0.29, 0.717) is 24.3 Å². The van der Waals surface area contributed by atoms with Crippen molar-refractivity contribution < 1.29 is 19.4 Å². The molecule has 0 aliphatic carbocycles. The van der Waals surface area contributed by atoms with E-state index in [2.05, 4.69) is 0 Å². The number of carboxylic acid groups (broad SMARTS) is 1. The number of nitrogens with two attached hydrogens (primary N) is 1. The van der Waals surface area contributed by atoms with Crippen LogP contribution in [0.4, 0.5) is 0 Å². The van der Waals surface area contributed by atoms with Gasteiger partial charge in [-0.25, -0.2) is 0 Å². The zero-order chi connectivity index (χ0) is 12.8. The number of aryl methyl sites for hydroxylation is 1. The summed E-state index contributed by atoms with van der Waals surface area (Å²) in [7, 11) is 3.13. The Bertz CT molecular complexity index is 392. The minimum absolute atomic E-state index is 0.394. The van der Waals surface area contributed by atoms with E-state index in [4.69, 9.17) is 20.3 Å². The van der Waals surface area contributed by atoms with Crippen LogP contribution in [0.2, 0.25) is 0 Å². The van der Waals surface area contributed by atoms with Crippen LogP contribution in [0.1, 0.15) is 12.0 Å². The summed E-state index contributed by atoms with van der Waals surface area (Å²) in [6, 6.07) is 4.66. The second-order valence-electron chi connectivity index (χ2n) is 3.67. The van der Waals surface area contributed by atoms with Gasteiger partial charge in [0.1, 0.15) is 6.04 Å². The molecule has 0 heterocycles. The molecule has 0 saturated heterocycles. The second kappa shape index (κ2) is 6.10. The normalized spacial score (nSPS) is 11.9. The zero-order valence-corrected chi connectivity index (χ0v) is 9.97. The van der Waals surface area contributed by atoms with Gasteiger partial charge in [-0.05, 0) is 30.5 Å². The third kappa shape index (κ3) is 3.64. The molecule has 1 aromatic rings. The second-order valence-corrected chi connectivity index (χ2v) is 3.67. The van der Waals surface area contributed by atoms with Gasteiger partial charge in [0.25, 0.3) is 0 Å². The lowest BCUT2D eigenvalue weighted by Gasteiger charge is -2.10. The molecule has 1 atom stereocenters. The summed E-state index contributed by atoms with van der Waals surface area (Å²) in [6.45, 7) is 0. The first kappa shape index (κ1) is 13.3. The molecule has 0 unspecified atom stereocenters. The van der Waals surface area contributed by atoms with Crippen LogP contribution in [0.5, 0.6) is 11.5 Å². The summed E-state index contributed by atoms with van der Waals surface area (Å²) in [5.74, 6) is 0.304. The van der Waals surface area contributed by atoms with Crippen LogP contribution < -0.4 is 15.2 Å². The fraction of sp³-hybridized carbons (Fsp3) is 0.417. The molecule has 0 bridgehead atoms. The summed E-state index contributed by atoms with van der Waals surface area (Å²) < 4.78 is 10.3. The molecule has 0 spiro atoms. The number of methoxy groups -OCH3 is 2. The van der Waals surface area contributed by atoms with Gasteiger partial charge >= 0.3 is 5.97 Å². The lowest BCUT2D eigenvalue weighted by molar-refractivity contribution is -0.138. The SMILES string of the molecule is COc1ccc(CC[C@@H](N)C(=O)O)cc1OC. The Morgan fingerprint density at radius 2 is 2.00 bits per heavy atom. The van der Waals surface area contributed by atoms with Crippen molar-refractivity contribution in [3.05, 3.63) is 23.8 Å². The van der Waals surface area contributed by atoms with Crippen molar-refractivity contribution in [2.45, 2.75) is 18.9 Å². The number of rotatable bonds is 6. The maximum absolute atomic E-state index is 10.6. The summed E-state index contributed by atoms with van der Waals surface area (Å²) in [4.78, 5) is 10.6. The van der Waals surface area contributed by atoms with Gasteiger partial charge in [-0.2, -0.15) is 0 Å². The molecular weight excluding hydrogens is 222 g/mol. The van der Waals surface area contributed by atoms with Gasteiger partial charge < -0.3 is 20.3 Å². The average Bonchev–Trinajstić information content (AvgIpc) is 2.35. The Morgan fingerprint density at radius 3 is 2.53 bits per heavy atom. The van der Waals surface area contributed by atoms with Crippen LogP contribution in [-0.2, 0) is 11.2 Å². The Morgan fingerprint density at radius 1 is 1.35 bits per heavy atom. The van der Waals surface area contributed by atoms with Crippen molar-refractivity contribution in [2.75, 3.05) is 14.2 Å². The highest BCUT2D eigenvalue weighted by atomic mass is 16.5. The average molecular weight is 239 g/mol. The van der Waals surface area contributed by atoms with E-state index in [1.165, 1.54) is 0 Å². The van der Waals surface area contributed by atoms with Crippen LogP contribution in [-0.4, -0.2) is 31.3 Å². The van der Waals surface area contributed by atoms with Gasteiger partial charge in [-0.15, -0.1) is 0 Å². The summed E-state index contributed by atoms with van der Waals surface area (Å²) in [6.07, 6.45) is 0.985. The molecule has 3 N–H and O–H groups in total. The molecule has 5 nitrogen and oxygen atoms in total. The van der Waals surface area contributed by atoms with Crippen molar-refractivity contribution >= 4 is 5.97 Å². The molecular formula is C12H17NO4. The third-order valence-electron chi connectivity index (χ3n) is 2.51. The first-order valence-electron chi connectivity index (χ1n) is 5.27. The molecule has 5 heteroatoms. The molecule has 0 radical (unpaired) electrons. The van der Waals surface area contributed by atoms with E-state index < -0.39 is 12.0 Å². The standard InChI is InChI=1S/C12H17NO4/c1-16-10-6-4-8(7-11(10)17-2)3-5-9(13)12(14)15/h4,6-7,9H,3,5,13H2,1-2H3,(H,14,15)/t9-/m1/s1. The van der Waals surface area contributed by atoms with Gasteiger partial charge in [-0.3, -0.25) is 4.79 Å². The molecule has 1 rings (SSSR count). The van der Waals surface area contributed by atoms with Crippen molar-refractivity contribution in [1.29, 1.82) is 0 Å². The summed E-state index contributed by atoms with van der Waals surface area (Å²) in [5, 5.41) is 8.67. The first-order chi connectivity index (χ1) is 8.08. The van der Waals surface area contributed by atoms with Gasteiger partial charge in [0.2, 0.25) is 0 Å². The topological polar surface area (TPSA) is 81.8 Å². The molecule has 0 fully saturated rings. The molecule has 0 amide bonds. The van der Waals surface area contributed by atoms with Crippen molar-refractivity contribution in [1.82, 2.24) is 0 Å². The summed E-state index contributed by atoms with van der Waals surface area (Å²) >= 11 is 0. The summed E-state index contributed by atoms with van der Waals surface area (Å²) in [5.41, 5.74) is 6.41. The van der Waals surface area contributed by atoms with Crippen LogP contribution >= 0.6 is 0 Å². The fourth-order valence-corrected chi connectivity index (χ4v) is 1.48. The Labute approximate surface area is 100 Å². The number of ether oxygens (including phenoxy) is 2. The molecule has 0 aliphatic rings. The van der Waals surface area contributed by atoms with Gasteiger partial charge in [0.05, 0.1) is 14.2 Å². The smallest absolute Gasteiger partial charge is 0.320 e. The Hall–Kier alpha value is -1.75. The zero-order valence-electron chi connectivity index (χ0n) is 9.97. The number of carboxylic acids is 1. The van der Waals surface area contributed by atoms with E-state index in [9.17, 15) is 4.79 Å². The molecule has 0 aliphatic heterocycles. The highest BCUT2D eigenvalue weighted by molar-refractivity contribution is 5.73. The Balaban J connectivity index is 2.69. The highest BCUT2D eigenvalue weighted by Gasteiger charge is 2.12. The fourth-order valence-electron chi connectivity index (χ4n) is 1.48. The van der Waals surface area contributed by atoms with E-state index in [1.807, 2.05) is 12.1 Å². The van der Waals surface area contributed by atoms with E-state index in [-0.39, 0.29) is 0 Å². The van der Waals surface area contributed by atoms with Crippen LogP contribution in [0.3, 0.4) is 0 Å². The Kier molecular flexibility index (Phi) is 4.78. The number of carbonyl (C=O) groups is 1. The first-order valence-corrected chi connectivity index (χ1v) is 5.27. The largest absolute Gasteiger partial charge is 0.493 e. The monoisotopic (exact) mass is 239 g/mol. The van der Waals surface area contributed by atoms with Gasteiger partial charge in [0, 0.05) is 0 Å². The predicted octanol–water partition coefficient (Wildman–Crippen LogP) is 1.05. The number of benzene rings is 1. The van der Waals surface area contributed by atoms with Crippen LogP contribution in [0.25, 0.3) is 0 Å². The highest BCUT2D eigenvalue weighted by Crippen LogP contribution is 2.27. The van der Waals surface area contributed by atoms with Crippen molar-refractivity contribution in [2.24, 2.45) is 5.73 Å². The molecule has 17 heavy (non-hydrogen) atoms. The predicted molar refractivity (Wildman–Crippen MR) is 63.5 cm³/mol. The minimum atomic E-state index is -0.981. The lowest BCUT2D eigenvalue weighted by atomic mass is 10.1. The van der Waals surface area contributed by atoms with Crippen molar-refractivity contribution in [3.63, 3.8) is 0 Å². The maximum Gasteiger partial charge on any atom is 0.320 e. The molecule has 1 aromatic carbocycles.